The van der Waals surface area contributed by atoms with Gasteiger partial charge in [0.2, 0.25) is 17.0 Å². The Bertz CT molecular complexity index is 1870. The maximum Gasteiger partial charge on any atom is 0.334 e. The van der Waals surface area contributed by atoms with Crippen LogP contribution in [0.15, 0.2) is 94.0 Å². The van der Waals surface area contributed by atoms with Gasteiger partial charge in [0.25, 0.3) is 5.52 Å². The molecule has 0 aliphatic carbocycles. The van der Waals surface area contributed by atoms with Gasteiger partial charge in [0, 0.05) is 31.8 Å². The van der Waals surface area contributed by atoms with E-state index in [0.717, 1.165) is 38.7 Å². The fourth-order valence-corrected chi connectivity index (χ4v) is 4.64. The second-order valence-corrected chi connectivity index (χ2v) is 10.8. The summed E-state index contributed by atoms with van der Waals surface area (Å²) in [5.41, 5.74) is 5.47. The van der Waals surface area contributed by atoms with E-state index in [1.165, 1.54) is 13.8 Å². The highest BCUT2D eigenvalue weighted by Gasteiger charge is 2.20. The van der Waals surface area contributed by atoms with Gasteiger partial charge in [-0.3, -0.25) is 10.1 Å². The summed E-state index contributed by atoms with van der Waals surface area (Å²) < 4.78 is 25.6. The van der Waals surface area contributed by atoms with Crippen LogP contribution in [0.5, 0.6) is 17.2 Å². The van der Waals surface area contributed by atoms with Crippen molar-refractivity contribution in [3.05, 3.63) is 129 Å². The standard InChI is InChI=1S/C14H12N2O3.2C9H12O2.C5H6N2O3/c1-9-14-13(19-15-9)8-7-12(16(14)17)10-3-5-11(18-2)6-4-10;2*1-11-9-4-2-8(3-5-9)6-7-10;1-3-5(7(8)9)4(2)10-6-3/h3-8H,1-2H3;2*2-5,10H,6-7H2,1H3;1-2H3. The SMILES string of the molecule is COc1ccc(-c2ccc3onc(C)c3[n+]2[O-])cc1.COc1ccc(CCO)cc1.COc1ccc(CCO)cc1.Cc1noc(C)c1[N+](=O)[O-]. The van der Waals surface area contributed by atoms with Gasteiger partial charge in [0.15, 0.2) is 11.4 Å². The van der Waals surface area contributed by atoms with Crippen LogP contribution in [0.3, 0.4) is 0 Å². The van der Waals surface area contributed by atoms with Crippen LogP contribution in [-0.2, 0) is 12.8 Å². The Morgan fingerprint density at radius 3 is 1.51 bits per heavy atom. The van der Waals surface area contributed by atoms with Gasteiger partial charge in [-0.05, 0) is 92.4 Å². The van der Waals surface area contributed by atoms with E-state index in [-0.39, 0.29) is 24.7 Å². The van der Waals surface area contributed by atoms with E-state index in [1.807, 2.05) is 72.8 Å². The smallest absolute Gasteiger partial charge is 0.334 e. The largest absolute Gasteiger partial charge is 0.618 e. The first-order valence-electron chi connectivity index (χ1n) is 15.7. The lowest BCUT2D eigenvalue weighted by Gasteiger charge is -2.06. The molecule has 6 aromatic rings. The van der Waals surface area contributed by atoms with Crippen LogP contribution in [0, 0.1) is 36.1 Å². The highest BCUT2D eigenvalue weighted by molar-refractivity contribution is 5.73. The number of rotatable bonds is 9. The minimum atomic E-state index is -0.499. The van der Waals surface area contributed by atoms with Crippen molar-refractivity contribution in [2.45, 2.75) is 33.6 Å². The number of hydrogen-bond acceptors (Lipinski definition) is 12. The molecule has 0 saturated heterocycles. The van der Waals surface area contributed by atoms with Gasteiger partial charge in [-0.2, -0.15) is 4.73 Å². The van der Waals surface area contributed by atoms with Crippen LogP contribution in [0.25, 0.3) is 22.4 Å². The van der Waals surface area contributed by atoms with E-state index in [9.17, 15) is 15.3 Å². The minimum absolute atomic E-state index is 0.0278. The summed E-state index contributed by atoms with van der Waals surface area (Å²) in [4.78, 5) is 9.71. The van der Waals surface area contributed by atoms with Crippen molar-refractivity contribution in [3.8, 4) is 28.5 Å². The van der Waals surface area contributed by atoms with Crippen molar-refractivity contribution < 1.29 is 43.1 Å². The summed E-state index contributed by atoms with van der Waals surface area (Å²) in [5, 5.41) is 47.0. The molecule has 0 radical (unpaired) electrons. The Hall–Kier alpha value is -5.99. The van der Waals surface area contributed by atoms with Gasteiger partial charge < -0.3 is 38.7 Å². The van der Waals surface area contributed by atoms with Crippen LogP contribution in [0.2, 0.25) is 0 Å². The third-order valence-electron chi connectivity index (χ3n) is 7.35. The van der Waals surface area contributed by atoms with Gasteiger partial charge in [0.1, 0.15) is 17.2 Å². The normalized spacial score (nSPS) is 10.1. The third kappa shape index (κ3) is 11.3. The Morgan fingerprint density at radius 1 is 0.686 bits per heavy atom. The monoisotopic (exact) mass is 702 g/mol. The molecule has 270 valence electrons. The van der Waals surface area contributed by atoms with Crippen molar-refractivity contribution >= 4 is 16.8 Å². The quantitative estimate of drug-likeness (QED) is 0.0763. The molecule has 6 rings (SSSR count). The number of benzene rings is 3. The average Bonchev–Trinajstić information content (AvgIpc) is 3.70. The van der Waals surface area contributed by atoms with E-state index in [4.69, 9.17) is 28.9 Å². The zero-order chi connectivity index (χ0) is 37.3. The molecule has 51 heavy (non-hydrogen) atoms. The number of aliphatic hydroxyl groups is 2. The molecule has 14 heteroatoms. The molecular formula is C37H42N4O10. The first kappa shape index (κ1) is 39.4. The number of hydrogen-bond donors (Lipinski definition) is 2. The minimum Gasteiger partial charge on any atom is -0.618 e. The first-order chi connectivity index (χ1) is 24.6. The van der Waals surface area contributed by atoms with Crippen molar-refractivity contribution in [3.63, 3.8) is 0 Å². The summed E-state index contributed by atoms with van der Waals surface area (Å²) in [6.07, 6.45) is 1.42. The van der Waals surface area contributed by atoms with E-state index in [0.29, 0.717) is 41.0 Å². The van der Waals surface area contributed by atoms with Gasteiger partial charge in [-0.1, -0.05) is 34.6 Å². The Morgan fingerprint density at radius 2 is 1.14 bits per heavy atom. The Labute approximate surface area is 295 Å². The van der Waals surface area contributed by atoms with Crippen LogP contribution in [0.1, 0.15) is 28.3 Å². The molecule has 3 aromatic heterocycles. The van der Waals surface area contributed by atoms with Gasteiger partial charge >= 0.3 is 5.69 Å². The van der Waals surface area contributed by atoms with Crippen LogP contribution in [-0.4, -0.2) is 60.0 Å². The lowest BCUT2D eigenvalue weighted by molar-refractivity contribution is -0.565. The van der Waals surface area contributed by atoms with Crippen molar-refractivity contribution in [2.24, 2.45) is 0 Å². The van der Waals surface area contributed by atoms with Crippen LogP contribution >= 0.6 is 0 Å². The molecule has 0 fully saturated rings. The molecular weight excluding hydrogens is 660 g/mol. The first-order valence-corrected chi connectivity index (χ1v) is 15.7. The average molecular weight is 703 g/mol. The number of ether oxygens (including phenoxy) is 3. The maximum absolute atomic E-state index is 12.4. The number of pyridine rings is 1. The molecule has 0 atom stereocenters. The number of aryl methyl sites for hydroxylation is 3. The molecule has 3 heterocycles. The highest BCUT2D eigenvalue weighted by Crippen LogP contribution is 2.23. The Kier molecular flexibility index (Phi) is 15.4. The molecule has 0 aliphatic heterocycles. The molecule has 0 aliphatic rings. The topological polar surface area (TPSA) is 190 Å². The summed E-state index contributed by atoms with van der Waals surface area (Å²) >= 11 is 0. The fraction of sp³-hybridized carbons (Fsp3) is 0.270. The Balaban J connectivity index is 0.000000192. The molecule has 0 unspecified atom stereocenters. The van der Waals surface area contributed by atoms with Crippen molar-refractivity contribution in [2.75, 3.05) is 34.5 Å². The number of fused-ring (bicyclic) bond motifs is 1. The molecule has 0 amide bonds. The summed E-state index contributed by atoms with van der Waals surface area (Å²) in [6, 6.07) is 26.2. The number of aliphatic hydroxyl groups excluding tert-OH is 2. The predicted octanol–water partition coefficient (Wildman–Crippen LogP) is 6.10. The number of methoxy groups -OCH3 is 3. The molecule has 0 spiro atoms. The molecule has 0 bridgehead atoms. The summed E-state index contributed by atoms with van der Waals surface area (Å²) in [6.45, 7) is 5.20. The number of aromatic nitrogens is 3. The summed E-state index contributed by atoms with van der Waals surface area (Å²) in [5.74, 6) is 2.71. The zero-order valence-electron chi connectivity index (χ0n) is 29.4. The second kappa shape index (κ2) is 19.9. The van der Waals surface area contributed by atoms with Crippen molar-refractivity contribution in [1.82, 2.24) is 10.3 Å². The molecule has 2 N–H and O–H groups in total. The van der Waals surface area contributed by atoms with E-state index < -0.39 is 4.92 Å². The maximum atomic E-state index is 12.4. The van der Waals surface area contributed by atoms with Crippen LogP contribution < -0.4 is 18.9 Å². The molecule has 0 saturated carbocycles. The second-order valence-electron chi connectivity index (χ2n) is 10.8. The molecule has 3 aromatic carbocycles. The van der Waals surface area contributed by atoms with E-state index >= 15 is 0 Å². The predicted molar refractivity (Wildman–Crippen MR) is 190 cm³/mol. The fourth-order valence-electron chi connectivity index (χ4n) is 4.64. The third-order valence-corrected chi connectivity index (χ3v) is 7.35. The number of nitro groups is 1. The van der Waals surface area contributed by atoms with E-state index in [1.54, 1.807) is 40.4 Å². The van der Waals surface area contributed by atoms with Gasteiger partial charge in [-0.15, -0.1) is 0 Å². The van der Waals surface area contributed by atoms with Crippen LogP contribution in [0.4, 0.5) is 5.69 Å². The number of nitrogens with zero attached hydrogens (tertiary/aromatic N) is 4. The lowest BCUT2D eigenvalue weighted by atomic mass is 10.1. The molecule has 14 nitrogen and oxygen atoms in total. The van der Waals surface area contributed by atoms with Gasteiger partial charge in [0.05, 0.1) is 26.3 Å². The van der Waals surface area contributed by atoms with E-state index in [2.05, 4.69) is 14.8 Å². The summed E-state index contributed by atoms with van der Waals surface area (Å²) in [7, 11) is 4.89. The zero-order valence-corrected chi connectivity index (χ0v) is 29.4. The lowest BCUT2D eigenvalue weighted by Crippen LogP contribution is -2.30. The van der Waals surface area contributed by atoms with Crippen molar-refractivity contribution in [1.29, 1.82) is 0 Å². The van der Waals surface area contributed by atoms with Gasteiger partial charge in [-0.25, -0.2) is 0 Å². The highest BCUT2D eigenvalue weighted by atomic mass is 16.6.